The van der Waals surface area contributed by atoms with Crippen LogP contribution in [0.2, 0.25) is 0 Å². The highest BCUT2D eigenvalue weighted by Gasteiger charge is 2.29. The topological polar surface area (TPSA) is 73.7 Å². The zero-order valence-corrected chi connectivity index (χ0v) is 13.6. The second-order valence-corrected chi connectivity index (χ2v) is 6.24. The number of anilines is 1. The summed E-state index contributed by atoms with van der Waals surface area (Å²) in [4.78, 5) is 31.4. The molecule has 1 aromatic heterocycles. The van der Waals surface area contributed by atoms with E-state index < -0.39 is 5.97 Å². The molecule has 114 valence electrons. The summed E-state index contributed by atoms with van der Waals surface area (Å²) in [6.45, 7) is 0.935. The van der Waals surface area contributed by atoms with Gasteiger partial charge in [0.25, 0.3) is 5.91 Å². The van der Waals surface area contributed by atoms with Crippen molar-refractivity contribution in [1.29, 1.82) is 0 Å². The number of carboxylic acid groups (broad SMARTS) is 1. The molecular weight excluding hydrogens is 338 g/mol. The summed E-state index contributed by atoms with van der Waals surface area (Å²) in [6, 6.07) is 1.76. The maximum atomic E-state index is 12.6. The number of likely N-dealkylation sites (tertiary alicyclic amines) is 1. The lowest BCUT2D eigenvalue weighted by Gasteiger charge is -2.31. The van der Waals surface area contributed by atoms with Crippen molar-refractivity contribution in [2.24, 2.45) is 5.92 Å². The Kier molecular flexibility index (Phi) is 4.82. The number of carbonyl (C=O) groups is 2. The molecule has 0 radical (unpaired) electrons. The Balaban J connectivity index is 2.18. The largest absolute Gasteiger partial charge is 0.481 e. The minimum atomic E-state index is -0.778. The van der Waals surface area contributed by atoms with Gasteiger partial charge in [-0.1, -0.05) is 0 Å². The number of piperidine rings is 1. The number of rotatable bonds is 3. The second-order valence-electron chi connectivity index (χ2n) is 5.32. The van der Waals surface area contributed by atoms with Crippen molar-refractivity contribution in [2.45, 2.75) is 12.8 Å². The van der Waals surface area contributed by atoms with Crippen LogP contribution in [-0.2, 0) is 4.79 Å². The zero-order valence-electron chi connectivity index (χ0n) is 12.0. The Morgan fingerprint density at radius 3 is 2.52 bits per heavy atom. The number of hydrogen-bond acceptors (Lipinski definition) is 4. The Labute approximate surface area is 131 Å². The third-order valence-electron chi connectivity index (χ3n) is 3.62. The average molecular weight is 356 g/mol. The Bertz CT molecular complexity index is 554. The molecule has 0 unspecified atom stereocenters. The van der Waals surface area contributed by atoms with Crippen LogP contribution in [0.5, 0.6) is 0 Å². The first-order valence-corrected chi connectivity index (χ1v) is 7.54. The van der Waals surface area contributed by atoms with E-state index in [0.29, 0.717) is 37.3 Å². The molecule has 2 heterocycles. The Morgan fingerprint density at radius 1 is 1.38 bits per heavy atom. The summed E-state index contributed by atoms with van der Waals surface area (Å²) < 4.78 is 0.747. The van der Waals surface area contributed by atoms with Crippen LogP contribution in [0.25, 0.3) is 0 Å². The summed E-state index contributed by atoms with van der Waals surface area (Å²) in [7, 11) is 3.67. The van der Waals surface area contributed by atoms with Gasteiger partial charge >= 0.3 is 5.97 Å². The van der Waals surface area contributed by atoms with E-state index >= 15 is 0 Å². The van der Waals surface area contributed by atoms with E-state index in [4.69, 9.17) is 5.11 Å². The number of aromatic nitrogens is 1. The molecule has 6 nitrogen and oxygen atoms in total. The molecule has 1 fully saturated rings. The van der Waals surface area contributed by atoms with Gasteiger partial charge in [0, 0.05) is 37.9 Å². The van der Waals surface area contributed by atoms with Crippen LogP contribution in [-0.4, -0.2) is 54.1 Å². The van der Waals surface area contributed by atoms with Crippen LogP contribution >= 0.6 is 15.9 Å². The van der Waals surface area contributed by atoms with Gasteiger partial charge in [0.2, 0.25) is 0 Å². The van der Waals surface area contributed by atoms with Crippen molar-refractivity contribution in [2.75, 3.05) is 32.1 Å². The average Bonchev–Trinajstić information content (AvgIpc) is 2.46. The standard InChI is InChI=1S/C14H18BrN3O3/c1-17(2)12-11(7-10(15)8-16-12)13(19)18-5-3-9(4-6-18)14(20)21/h7-9H,3-6H2,1-2H3,(H,20,21). The highest BCUT2D eigenvalue weighted by atomic mass is 79.9. The van der Waals surface area contributed by atoms with E-state index in [1.54, 1.807) is 22.1 Å². The van der Waals surface area contributed by atoms with E-state index in [2.05, 4.69) is 20.9 Å². The maximum absolute atomic E-state index is 12.6. The Morgan fingerprint density at radius 2 is 2.00 bits per heavy atom. The highest BCUT2D eigenvalue weighted by molar-refractivity contribution is 9.10. The van der Waals surface area contributed by atoms with Crippen LogP contribution in [0.4, 0.5) is 5.82 Å². The van der Waals surface area contributed by atoms with Crippen LogP contribution in [0, 0.1) is 5.92 Å². The van der Waals surface area contributed by atoms with Crippen molar-refractivity contribution in [3.8, 4) is 0 Å². The maximum Gasteiger partial charge on any atom is 0.306 e. The molecule has 7 heteroatoms. The Hall–Kier alpha value is -1.63. The first-order chi connectivity index (χ1) is 9.90. The van der Waals surface area contributed by atoms with Gasteiger partial charge < -0.3 is 14.9 Å². The van der Waals surface area contributed by atoms with Crippen molar-refractivity contribution in [3.63, 3.8) is 0 Å². The first kappa shape index (κ1) is 15.8. The predicted molar refractivity (Wildman–Crippen MR) is 82.5 cm³/mol. The lowest BCUT2D eigenvalue weighted by atomic mass is 9.96. The van der Waals surface area contributed by atoms with Crippen molar-refractivity contribution >= 4 is 33.6 Å². The molecule has 1 aliphatic heterocycles. The molecule has 0 saturated carbocycles. The number of carboxylic acids is 1. The number of amides is 1. The number of hydrogen-bond donors (Lipinski definition) is 1. The van der Waals surface area contributed by atoms with Crippen molar-refractivity contribution in [1.82, 2.24) is 9.88 Å². The summed E-state index contributed by atoms with van der Waals surface area (Å²) >= 11 is 3.34. The quantitative estimate of drug-likeness (QED) is 0.895. The zero-order chi connectivity index (χ0) is 15.6. The molecule has 0 aliphatic carbocycles. The van der Waals surface area contributed by atoms with Crippen molar-refractivity contribution < 1.29 is 14.7 Å². The number of nitrogens with zero attached hydrogens (tertiary/aromatic N) is 3. The minimum absolute atomic E-state index is 0.101. The molecule has 0 atom stereocenters. The minimum Gasteiger partial charge on any atom is -0.481 e. The van der Waals surface area contributed by atoms with Gasteiger partial charge in [-0.05, 0) is 34.8 Å². The van der Waals surface area contributed by atoms with E-state index in [1.807, 2.05) is 14.1 Å². The molecule has 1 aliphatic rings. The van der Waals surface area contributed by atoms with Crippen LogP contribution < -0.4 is 4.90 Å². The molecule has 1 saturated heterocycles. The fraction of sp³-hybridized carbons (Fsp3) is 0.500. The fourth-order valence-electron chi connectivity index (χ4n) is 2.45. The van der Waals surface area contributed by atoms with E-state index in [1.165, 1.54) is 0 Å². The van der Waals surface area contributed by atoms with Gasteiger partial charge in [-0.25, -0.2) is 4.98 Å². The molecule has 0 bridgehead atoms. The molecule has 1 aromatic rings. The smallest absolute Gasteiger partial charge is 0.306 e. The number of halogens is 1. The summed E-state index contributed by atoms with van der Waals surface area (Å²) in [5.41, 5.74) is 0.531. The normalized spacial score (nSPS) is 15.9. The summed E-state index contributed by atoms with van der Waals surface area (Å²) in [6.07, 6.45) is 2.66. The van der Waals surface area contributed by atoms with Crippen LogP contribution in [0.1, 0.15) is 23.2 Å². The van der Waals surface area contributed by atoms with Gasteiger partial charge in [0.05, 0.1) is 11.5 Å². The highest BCUT2D eigenvalue weighted by Crippen LogP contribution is 2.24. The second kappa shape index (κ2) is 6.43. The van der Waals surface area contributed by atoms with Gasteiger partial charge in [-0.3, -0.25) is 9.59 Å². The fourth-order valence-corrected chi connectivity index (χ4v) is 2.78. The van der Waals surface area contributed by atoms with E-state index in [0.717, 1.165) is 4.47 Å². The molecule has 0 aromatic carbocycles. The van der Waals surface area contributed by atoms with E-state index in [9.17, 15) is 9.59 Å². The molecule has 0 spiro atoms. The number of aliphatic carboxylic acids is 1. The lowest BCUT2D eigenvalue weighted by Crippen LogP contribution is -2.40. The van der Waals surface area contributed by atoms with Gasteiger partial charge in [0.15, 0.2) is 0 Å². The van der Waals surface area contributed by atoms with Crippen LogP contribution in [0.3, 0.4) is 0 Å². The molecule has 2 rings (SSSR count). The van der Waals surface area contributed by atoms with Crippen molar-refractivity contribution in [3.05, 3.63) is 22.3 Å². The monoisotopic (exact) mass is 355 g/mol. The number of pyridine rings is 1. The van der Waals surface area contributed by atoms with Crippen LogP contribution in [0.15, 0.2) is 16.7 Å². The molecule has 1 N–H and O–H groups in total. The van der Waals surface area contributed by atoms with Gasteiger partial charge in [-0.2, -0.15) is 0 Å². The van der Waals surface area contributed by atoms with Gasteiger partial charge in [-0.15, -0.1) is 0 Å². The lowest BCUT2D eigenvalue weighted by molar-refractivity contribution is -0.143. The summed E-state index contributed by atoms with van der Waals surface area (Å²) in [5, 5.41) is 9.01. The molecule has 21 heavy (non-hydrogen) atoms. The summed E-state index contributed by atoms with van der Waals surface area (Å²) in [5.74, 6) is -0.608. The molecule has 1 amide bonds. The van der Waals surface area contributed by atoms with E-state index in [-0.39, 0.29) is 11.8 Å². The van der Waals surface area contributed by atoms with Gasteiger partial charge in [0.1, 0.15) is 5.82 Å². The SMILES string of the molecule is CN(C)c1ncc(Br)cc1C(=O)N1CCC(C(=O)O)CC1. The first-order valence-electron chi connectivity index (χ1n) is 6.75. The third kappa shape index (κ3) is 3.53. The molecular formula is C14H18BrN3O3. The number of carbonyl (C=O) groups excluding carboxylic acids is 1. The third-order valence-corrected chi connectivity index (χ3v) is 4.05. The predicted octanol–water partition coefficient (Wildman–Crippen LogP) is 1.85.